The van der Waals surface area contributed by atoms with E-state index in [2.05, 4.69) is 36.5 Å². The van der Waals surface area contributed by atoms with Gasteiger partial charge in [-0.15, -0.1) is 0 Å². The minimum absolute atomic E-state index is 0. The largest absolute Gasteiger partial charge is 1.00 e. The summed E-state index contributed by atoms with van der Waals surface area (Å²) in [5.74, 6) is 0. The van der Waals surface area contributed by atoms with Gasteiger partial charge in [0.25, 0.3) is 0 Å². The maximum atomic E-state index is 2.29. The van der Waals surface area contributed by atoms with Crippen molar-refractivity contribution in [3.8, 4) is 0 Å². The van der Waals surface area contributed by atoms with Crippen molar-refractivity contribution >= 4 is 0 Å². The number of hydrogen-bond donors (Lipinski definition) is 0. The van der Waals surface area contributed by atoms with Gasteiger partial charge in [0.05, 0.1) is 0 Å². The predicted octanol–water partition coefficient (Wildman–Crippen LogP) is 2.98. The molecule has 0 aromatic rings. The quantitative estimate of drug-likeness (QED) is 0.573. The van der Waals surface area contributed by atoms with Gasteiger partial charge in [-0.25, -0.2) is 0 Å². The van der Waals surface area contributed by atoms with E-state index in [0.717, 1.165) is 0 Å². The molecule has 0 spiro atoms. The molecular weight excluding hydrogens is 168 g/mol. The molecule has 0 aromatic heterocycles. The summed E-state index contributed by atoms with van der Waals surface area (Å²) in [5, 5.41) is 0. The van der Waals surface area contributed by atoms with Crippen molar-refractivity contribution in [3.63, 3.8) is 0 Å². The van der Waals surface area contributed by atoms with E-state index in [1.54, 1.807) is 7.76 Å². The first-order valence-corrected chi connectivity index (χ1v) is 5.50. The molecule has 0 unspecified atom stereocenters. The molecular formula is C10H12Ti. The van der Waals surface area contributed by atoms with E-state index in [9.17, 15) is 0 Å². The van der Waals surface area contributed by atoms with Crippen LogP contribution in [0.3, 0.4) is 0 Å². The SMILES string of the molecule is C1=CC[C]([Ti+2][C]2=CC=CC2)=C1.[H-].[H-]. The summed E-state index contributed by atoms with van der Waals surface area (Å²) in [6, 6.07) is 0. The van der Waals surface area contributed by atoms with E-state index >= 15 is 0 Å². The molecule has 0 N–H and O–H groups in total. The Hall–Kier alpha value is -0.326. The van der Waals surface area contributed by atoms with Crippen LogP contribution in [0.5, 0.6) is 0 Å². The van der Waals surface area contributed by atoms with Crippen LogP contribution in [0.25, 0.3) is 0 Å². The normalized spacial score (nSPS) is 20.0. The standard InChI is InChI=1S/2C5H5.Ti.2H/c2*1-2-4-5-3-1;;;/h2*1-3H,4H2;;;/q;;+2;2*-1. The number of allylic oxidation sites excluding steroid dienone is 8. The van der Waals surface area contributed by atoms with Crippen molar-refractivity contribution < 1.29 is 22.0 Å². The molecule has 1 heteroatoms. The second kappa shape index (κ2) is 3.38. The first-order chi connectivity index (χ1) is 5.45. The molecule has 0 radical (unpaired) electrons. The molecule has 0 aliphatic heterocycles. The molecule has 0 atom stereocenters. The fourth-order valence-electron chi connectivity index (χ4n) is 1.29. The monoisotopic (exact) mass is 180 g/mol. The molecule has 2 aliphatic carbocycles. The van der Waals surface area contributed by atoms with Crippen molar-refractivity contribution in [1.82, 2.24) is 0 Å². The van der Waals surface area contributed by atoms with Gasteiger partial charge in [0, 0.05) is 0 Å². The third kappa shape index (κ3) is 1.82. The van der Waals surface area contributed by atoms with E-state index < -0.39 is 0 Å². The number of rotatable bonds is 2. The molecule has 0 amide bonds. The van der Waals surface area contributed by atoms with Crippen LogP contribution >= 0.6 is 0 Å². The second-order valence-corrected chi connectivity index (χ2v) is 5.17. The summed E-state index contributed by atoms with van der Waals surface area (Å²) in [5.41, 5.74) is 0. The minimum Gasteiger partial charge on any atom is -1.00 e. The van der Waals surface area contributed by atoms with Crippen LogP contribution in [0.2, 0.25) is 0 Å². The van der Waals surface area contributed by atoms with E-state index in [-0.39, 0.29) is 22.0 Å². The van der Waals surface area contributed by atoms with Crippen molar-refractivity contribution in [2.45, 2.75) is 12.8 Å². The Morgan fingerprint density at radius 3 is 1.91 bits per heavy atom. The number of hydrogen-bond acceptors (Lipinski definition) is 0. The topological polar surface area (TPSA) is 0 Å². The zero-order valence-electron chi connectivity index (χ0n) is 8.38. The summed E-state index contributed by atoms with van der Waals surface area (Å²) >= 11 is 0.0833. The average molecular weight is 180 g/mol. The van der Waals surface area contributed by atoms with Crippen molar-refractivity contribution in [2.75, 3.05) is 0 Å². The van der Waals surface area contributed by atoms with Gasteiger partial charge in [-0.3, -0.25) is 0 Å². The van der Waals surface area contributed by atoms with Gasteiger partial charge in [-0.1, -0.05) is 0 Å². The zero-order chi connectivity index (χ0) is 7.52. The van der Waals surface area contributed by atoms with Gasteiger partial charge >= 0.3 is 76.2 Å². The molecule has 0 aromatic carbocycles. The Labute approximate surface area is 79.3 Å². The fraction of sp³-hybridized carbons (Fsp3) is 0.200. The Morgan fingerprint density at radius 2 is 1.55 bits per heavy atom. The summed E-state index contributed by atoms with van der Waals surface area (Å²) in [6.45, 7) is 0. The van der Waals surface area contributed by atoms with Crippen LogP contribution in [0.15, 0.2) is 44.2 Å². The van der Waals surface area contributed by atoms with Crippen molar-refractivity contribution in [1.29, 1.82) is 0 Å². The fourth-order valence-corrected chi connectivity index (χ4v) is 3.18. The molecule has 0 bridgehead atoms. The third-order valence-electron chi connectivity index (χ3n) is 1.86. The van der Waals surface area contributed by atoms with Crippen LogP contribution in [-0.2, 0) is 19.2 Å². The average Bonchev–Trinajstić information content (AvgIpc) is 2.60. The Bertz CT molecular complexity index is 247. The molecule has 0 saturated carbocycles. The van der Waals surface area contributed by atoms with E-state index in [1.807, 2.05) is 0 Å². The van der Waals surface area contributed by atoms with Gasteiger partial charge in [0.2, 0.25) is 0 Å². The van der Waals surface area contributed by atoms with Gasteiger partial charge in [0.15, 0.2) is 0 Å². The van der Waals surface area contributed by atoms with Crippen LogP contribution in [0, 0.1) is 0 Å². The van der Waals surface area contributed by atoms with Crippen molar-refractivity contribution in [3.05, 3.63) is 44.2 Å². The molecule has 0 fully saturated rings. The first kappa shape index (κ1) is 7.33. The third-order valence-corrected chi connectivity index (χ3v) is 4.02. The summed E-state index contributed by atoms with van der Waals surface area (Å²) < 4.78 is 3.36. The van der Waals surface area contributed by atoms with Gasteiger partial charge in [-0.05, 0) is 0 Å². The summed E-state index contributed by atoms with van der Waals surface area (Å²) in [4.78, 5) is 0. The first-order valence-electron chi connectivity index (χ1n) is 3.93. The predicted molar refractivity (Wildman–Crippen MR) is 45.9 cm³/mol. The van der Waals surface area contributed by atoms with Crippen LogP contribution in [0.1, 0.15) is 15.7 Å². The molecule has 2 aliphatic rings. The maximum absolute atomic E-state index is 2.29. The van der Waals surface area contributed by atoms with Crippen molar-refractivity contribution in [2.24, 2.45) is 0 Å². The van der Waals surface area contributed by atoms with Gasteiger partial charge < -0.3 is 2.85 Å². The molecule has 56 valence electrons. The van der Waals surface area contributed by atoms with E-state index in [0.29, 0.717) is 0 Å². The van der Waals surface area contributed by atoms with Crippen LogP contribution in [0.4, 0.5) is 0 Å². The van der Waals surface area contributed by atoms with E-state index in [1.165, 1.54) is 12.8 Å². The Kier molecular flexibility index (Phi) is 2.25. The Balaban J connectivity index is 0.000000720. The van der Waals surface area contributed by atoms with E-state index in [4.69, 9.17) is 0 Å². The molecule has 2 rings (SSSR count). The van der Waals surface area contributed by atoms with Gasteiger partial charge in [0.1, 0.15) is 0 Å². The van der Waals surface area contributed by atoms with Gasteiger partial charge in [-0.2, -0.15) is 0 Å². The van der Waals surface area contributed by atoms with Crippen LogP contribution < -0.4 is 0 Å². The zero-order valence-corrected chi connectivity index (χ0v) is 7.94. The molecule has 0 saturated heterocycles. The minimum atomic E-state index is 0. The molecule has 0 nitrogen and oxygen atoms in total. The molecule has 11 heavy (non-hydrogen) atoms. The smallest absolute Gasteiger partial charge is 1.00 e. The molecule has 0 heterocycles. The maximum Gasteiger partial charge on any atom is -1.00 e. The Morgan fingerprint density at radius 1 is 1.00 bits per heavy atom. The summed E-state index contributed by atoms with van der Waals surface area (Å²) in [7, 11) is 0. The van der Waals surface area contributed by atoms with Crippen LogP contribution in [-0.4, -0.2) is 0 Å². The summed E-state index contributed by atoms with van der Waals surface area (Å²) in [6.07, 6.45) is 15.9. The second-order valence-electron chi connectivity index (χ2n) is 2.77.